The van der Waals surface area contributed by atoms with Crippen LogP contribution in [-0.2, 0) is 0 Å². The van der Waals surface area contributed by atoms with Gasteiger partial charge in [0.15, 0.2) is 0 Å². The predicted molar refractivity (Wildman–Crippen MR) is 196 cm³/mol. The summed E-state index contributed by atoms with van der Waals surface area (Å²) < 4.78 is 8.72. The van der Waals surface area contributed by atoms with Crippen LogP contribution in [0.25, 0.3) is 93.5 Å². The number of nitriles is 1. The molecule has 4 nitrogen and oxygen atoms in total. The largest absolute Gasteiger partial charge is 0.455 e. The van der Waals surface area contributed by atoms with Crippen molar-refractivity contribution in [2.45, 2.75) is 0 Å². The summed E-state index contributed by atoms with van der Waals surface area (Å²) in [5.41, 5.74) is 9.11. The molecule has 0 fully saturated rings. The zero-order chi connectivity index (χ0) is 31.8. The normalized spacial score (nSPS) is 11.7. The Balaban J connectivity index is 1.35. The van der Waals surface area contributed by atoms with Crippen molar-refractivity contribution in [2.75, 3.05) is 0 Å². The molecule has 0 aliphatic carbocycles. The minimum Gasteiger partial charge on any atom is -0.455 e. The van der Waals surface area contributed by atoms with Gasteiger partial charge in [0.2, 0.25) is 0 Å². The molecule has 10 rings (SSSR count). The number of pyridine rings is 1. The third-order valence-corrected chi connectivity index (χ3v) is 9.63. The molecule has 0 unspecified atom stereocenters. The molecule has 0 radical (unpaired) electrons. The number of aromatic nitrogens is 2. The summed E-state index contributed by atoms with van der Waals surface area (Å²) in [5.74, 6) is 0.735. The number of fused-ring (bicyclic) bond motifs is 9. The van der Waals surface area contributed by atoms with Gasteiger partial charge in [-0.2, -0.15) is 5.26 Å². The minimum atomic E-state index is 0.616. The third-order valence-electron chi connectivity index (χ3n) is 9.63. The van der Waals surface area contributed by atoms with Gasteiger partial charge in [-0.05, 0) is 52.2 Å². The van der Waals surface area contributed by atoms with Gasteiger partial charge in [0.25, 0.3) is 0 Å². The van der Waals surface area contributed by atoms with Gasteiger partial charge in [-0.25, -0.2) is 4.98 Å². The topological polar surface area (TPSA) is 54.8 Å². The van der Waals surface area contributed by atoms with Crippen LogP contribution in [0.5, 0.6) is 0 Å². The Morgan fingerprint density at radius 1 is 0.562 bits per heavy atom. The highest BCUT2D eigenvalue weighted by molar-refractivity contribution is 6.22. The van der Waals surface area contributed by atoms with Crippen LogP contribution in [0.4, 0.5) is 0 Å². The van der Waals surface area contributed by atoms with Gasteiger partial charge in [0.05, 0.1) is 22.1 Å². The van der Waals surface area contributed by atoms with E-state index in [-0.39, 0.29) is 0 Å². The van der Waals surface area contributed by atoms with Crippen LogP contribution in [0.2, 0.25) is 0 Å². The zero-order valence-corrected chi connectivity index (χ0v) is 25.7. The number of benzene rings is 7. The number of hydrogen-bond donors (Lipinski definition) is 0. The molecule has 48 heavy (non-hydrogen) atoms. The molecule has 3 heterocycles. The second-order valence-electron chi connectivity index (χ2n) is 12.2. The molecule has 222 valence electrons. The Morgan fingerprint density at radius 2 is 1.29 bits per heavy atom. The second-order valence-corrected chi connectivity index (χ2v) is 12.2. The second kappa shape index (κ2) is 10.2. The molecule has 0 saturated heterocycles. The van der Waals surface area contributed by atoms with Gasteiger partial charge in [-0.15, -0.1) is 0 Å². The highest BCUT2D eigenvalue weighted by Gasteiger charge is 2.23. The maximum atomic E-state index is 10.7. The first-order valence-corrected chi connectivity index (χ1v) is 16.0. The van der Waals surface area contributed by atoms with Gasteiger partial charge >= 0.3 is 0 Å². The van der Waals surface area contributed by atoms with Crippen LogP contribution in [0.3, 0.4) is 0 Å². The molecule has 0 spiro atoms. The van der Waals surface area contributed by atoms with Crippen LogP contribution in [0.15, 0.2) is 156 Å². The van der Waals surface area contributed by atoms with E-state index in [1.807, 2.05) is 54.6 Å². The van der Waals surface area contributed by atoms with Crippen molar-refractivity contribution in [1.82, 2.24) is 9.55 Å². The predicted octanol–water partition coefficient (Wildman–Crippen LogP) is 11.6. The molecular weight excluding hydrogens is 587 g/mol. The highest BCUT2D eigenvalue weighted by atomic mass is 16.3. The first kappa shape index (κ1) is 26.5. The van der Waals surface area contributed by atoms with Crippen molar-refractivity contribution in [1.29, 1.82) is 5.26 Å². The number of nitrogens with zero attached hydrogens (tertiary/aromatic N) is 3. The van der Waals surface area contributed by atoms with E-state index in [0.29, 0.717) is 5.56 Å². The van der Waals surface area contributed by atoms with E-state index < -0.39 is 0 Å². The van der Waals surface area contributed by atoms with E-state index >= 15 is 0 Å². The maximum Gasteiger partial charge on any atom is 0.147 e. The van der Waals surface area contributed by atoms with E-state index in [2.05, 4.69) is 108 Å². The summed E-state index contributed by atoms with van der Waals surface area (Å²) in [6.45, 7) is 0. The van der Waals surface area contributed by atoms with Crippen LogP contribution < -0.4 is 0 Å². The molecule has 4 heteroatoms. The van der Waals surface area contributed by atoms with Crippen molar-refractivity contribution < 1.29 is 4.42 Å². The molecule has 0 N–H and O–H groups in total. The summed E-state index contributed by atoms with van der Waals surface area (Å²) in [4.78, 5) is 5.33. The smallest absolute Gasteiger partial charge is 0.147 e. The third kappa shape index (κ3) is 3.73. The Bertz CT molecular complexity index is 2960. The summed E-state index contributed by atoms with van der Waals surface area (Å²) in [6.07, 6.45) is 0. The monoisotopic (exact) mass is 611 g/mol. The quantitative estimate of drug-likeness (QED) is 0.200. The molecule has 0 aliphatic heterocycles. The summed E-state index contributed by atoms with van der Waals surface area (Å²) >= 11 is 0. The number of hydrogen-bond acceptors (Lipinski definition) is 3. The Kier molecular flexibility index (Phi) is 5.61. The Hall–Kier alpha value is -6.70. The lowest BCUT2D eigenvalue weighted by molar-refractivity contribution is 0.670. The van der Waals surface area contributed by atoms with Gasteiger partial charge in [-0.3, -0.25) is 4.57 Å². The van der Waals surface area contributed by atoms with Crippen LogP contribution >= 0.6 is 0 Å². The molecule has 7 aromatic carbocycles. The van der Waals surface area contributed by atoms with Gasteiger partial charge < -0.3 is 4.42 Å². The highest BCUT2D eigenvalue weighted by Crippen LogP contribution is 2.43. The van der Waals surface area contributed by atoms with Crippen molar-refractivity contribution in [3.05, 3.63) is 157 Å². The number of para-hydroxylation sites is 3. The molecule has 10 aromatic rings. The van der Waals surface area contributed by atoms with E-state index in [0.717, 1.165) is 82.7 Å². The van der Waals surface area contributed by atoms with Crippen molar-refractivity contribution >= 4 is 65.4 Å². The van der Waals surface area contributed by atoms with Gasteiger partial charge in [0.1, 0.15) is 23.1 Å². The van der Waals surface area contributed by atoms with E-state index in [4.69, 9.17) is 9.40 Å². The van der Waals surface area contributed by atoms with Crippen LogP contribution in [0.1, 0.15) is 5.56 Å². The summed E-state index contributed by atoms with van der Waals surface area (Å²) in [6, 6.07) is 54.8. The fraction of sp³-hybridized carbons (Fsp3) is 0. The van der Waals surface area contributed by atoms with E-state index in [1.54, 1.807) is 0 Å². The zero-order valence-electron chi connectivity index (χ0n) is 25.7. The molecule has 0 saturated carbocycles. The molecular formula is C44H25N3O. The fourth-order valence-corrected chi connectivity index (χ4v) is 7.52. The van der Waals surface area contributed by atoms with E-state index in [9.17, 15) is 5.26 Å². The maximum absolute atomic E-state index is 10.7. The lowest BCUT2D eigenvalue weighted by Gasteiger charge is -2.16. The standard InChI is InChI=1S/C44H25N3O/c45-26-36-32-15-6-8-19-37(32)46-44(41(36)28-12-2-1-3-13-28)47-38-23-22-29(25-35(38)42-30-14-5-4-11-27(30)21-24-39(42)47)31-17-10-18-34-33-16-7-9-20-40(33)48-43(31)34/h1-25H. The fourth-order valence-electron chi connectivity index (χ4n) is 7.52. The number of furan rings is 1. The molecule has 0 atom stereocenters. The van der Waals surface area contributed by atoms with Gasteiger partial charge in [-0.1, -0.05) is 121 Å². The molecule has 0 bridgehead atoms. The average molecular weight is 612 g/mol. The molecule has 0 aliphatic rings. The first-order valence-electron chi connectivity index (χ1n) is 16.0. The number of rotatable bonds is 3. The van der Waals surface area contributed by atoms with Crippen molar-refractivity contribution in [3.63, 3.8) is 0 Å². The summed E-state index contributed by atoms with van der Waals surface area (Å²) in [5, 5.41) is 18.3. The van der Waals surface area contributed by atoms with Gasteiger partial charge in [0, 0.05) is 38.1 Å². The summed E-state index contributed by atoms with van der Waals surface area (Å²) in [7, 11) is 0. The first-order chi connectivity index (χ1) is 23.8. The lowest BCUT2D eigenvalue weighted by Crippen LogP contribution is -2.04. The van der Waals surface area contributed by atoms with Crippen LogP contribution in [0, 0.1) is 11.3 Å². The SMILES string of the molecule is N#Cc1c(-c2ccccc2)c(-n2c3ccc(-c4cccc5c4oc4ccccc45)cc3c3c4ccccc4ccc32)nc2ccccc12. The lowest BCUT2D eigenvalue weighted by atomic mass is 9.97. The van der Waals surface area contributed by atoms with Crippen LogP contribution in [-0.4, -0.2) is 9.55 Å². The van der Waals surface area contributed by atoms with Crippen molar-refractivity contribution in [2.24, 2.45) is 0 Å². The minimum absolute atomic E-state index is 0.616. The van der Waals surface area contributed by atoms with Crippen molar-refractivity contribution in [3.8, 4) is 34.1 Å². The average Bonchev–Trinajstić information content (AvgIpc) is 3.70. The Labute approximate surface area is 275 Å². The molecule has 0 amide bonds. The Morgan fingerprint density at radius 3 is 2.17 bits per heavy atom. The molecule has 3 aromatic heterocycles. The van der Waals surface area contributed by atoms with E-state index in [1.165, 1.54) is 10.8 Å².